The summed E-state index contributed by atoms with van der Waals surface area (Å²) in [6.07, 6.45) is 6.66. The lowest BCUT2D eigenvalue weighted by molar-refractivity contribution is -0.190. The van der Waals surface area contributed by atoms with Crippen molar-refractivity contribution < 1.29 is 39.5 Å². The largest absolute Gasteiger partial charge is 0.459 e. The second-order valence-corrected chi connectivity index (χ2v) is 11.9. The fourth-order valence-electron chi connectivity index (χ4n) is 5.52. The first-order valence-corrected chi connectivity index (χ1v) is 14.6. The minimum Gasteiger partial charge on any atom is -0.459 e. The molecule has 9 heteroatoms. The van der Waals surface area contributed by atoms with Crippen molar-refractivity contribution >= 4 is 12.1 Å². The van der Waals surface area contributed by atoms with Gasteiger partial charge in [-0.25, -0.2) is 4.79 Å². The minimum absolute atomic E-state index is 0.136. The fourth-order valence-corrected chi connectivity index (χ4v) is 5.52. The van der Waals surface area contributed by atoms with Crippen molar-refractivity contribution in [3.63, 3.8) is 0 Å². The van der Waals surface area contributed by atoms with E-state index in [0.717, 1.165) is 5.57 Å². The average Bonchev–Trinajstić information content (AvgIpc) is 2.92. The van der Waals surface area contributed by atoms with Gasteiger partial charge in [-0.1, -0.05) is 83.2 Å². The first kappa shape index (κ1) is 36.6. The van der Waals surface area contributed by atoms with Gasteiger partial charge >= 0.3 is 12.1 Å². The van der Waals surface area contributed by atoms with Crippen molar-refractivity contribution in [1.29, 1.82) is 0 Å². The molecule has 0 saturated carbocycles. The highest BCUT2D eigenvalue weighted by Crippen LogP contribution is 2.29. The van der Waals surface area contributed by atoms with E-state index >= 15 is 0 Å². The topological polar surface area (TPSA) is 160 Å². The maximum absolute atomic E-state index is 11.8. The molecule has 1 fully saturated rings. The van der Waals surface area contributed by atoms with Gasteiger partial charge in [0.05, 0.1) is 24.2 Å². The number of esters is 1. The molecule has 0 bridgehead atoms. The van der Waals surface area contributed by atoms with Gasteiger partial charge in [0.2, 0.25) is 0 Å². The zero-order chi connectivity index (χ0) is 31.4. The number of amides is 1. The summed E-state index contributed by atoms with van der Waals surface area (Å²) in [5, 5.41) is 42.1. The minimum atomic E-state index is -1.14. The molecule has 6 N–H and O–H groups in total. The third-order valence-corrected chi connectivity index (χ3v) is 8.17. The van der Waals surface area contributed by atoms with Gasteiger partial charge in [-0.2, -0.15) is 0 Å². The molecule has 0 spiro atoms. The number of primary amides is 1. The Morgan fingerprint density at radius 2 is 1.68 bits per heavy atom. The highest BCUT2D eigenvalue weighted by atomic mass is 16.6. The van der Waals surface area contributed by atoms with Gasteiger partial charge in [-0.15, -0.1) is 0 Å². The number of allylic oxidation sites excluding steroid dienone is 4. The third-order valence-electron chi connectivity index (χ3n) is 8.17. The molecule has 0 radical (unpaired) electrons. The molecule has 5 unspecified atom stereocenters. The van der Waals surface area contributed by atoms with Crippen LogP contribution < -0.4 is 5.73 Å². The molecule has 0 aromatic rings. The molecule has 12 atom stereocenters. The lowest BCUT2D eigenvalue weighted by atomic mass is 9.81. The molecule has 1 aliphatic rings. The van der Waals surface area contributed by atoms with Gasteiger partial charge < -0.3 is 35.6 Å². The van der Waals surface area contributed by atoms with Crippen LogP contribution in [0.5, 0.6) is 0 Å². The fraction of sp³-hybridized carbons (Fsp3) is 0.688. The highest BCUT2D eigenvalue weighted by molar-refractivity contribution is 5.74. The van der Waals surface area contributed by atoms with E-state index in [1.165, 1.54) is 6.92 Å². The Hall–Kier alpha value is -2.46. The Kier molecular flexibility index (Phi) is 15.6. The molecule has 1 heterocycles. The number of cyclic esters (lactones) is 1. The van der Waals surface area contributed by atoms with Gasteiger partial charge in [0.25, 0.3) is 0 Å². The quantitative estimate of drug-likeness (QED) is 0.104. The number of carbonyl (C=O) groups is 2. The molecule has 1 saturated heterocycles. The number of hydrogen-bond donors (Lipinski definition) is 5. The zero-order valence-corrected chi connectivity index (χ0v) is 25.7. The van der Waals surface area contributed by atoms with Gasteiger partial charge in [0.15, 0.2) is 0 Å². The molecule has 234 valence electrons. The van der Waals surface area contributed by atoms with E-state index in [-0.39, 0.29) is 29.6 Å². The summed E-state index contributed by atoms with van der Waals surface area (Å²) in [6.45, 7) is 16.7. The average molecular weight is 580 g/mol. The molecule has 1 rings (SSSR count). The Morgan fingerprint density at radius 1 is 1.05 bits per heavy atom. The molecular formula is C32H53NO8. The first-order valence-electron chi connectivity index (χ1n) is 14.6. The molecule has 0 aliphatic carbocycles. The molecule has 1 aliphatic heterocycles. The van der Waals surface area contributed by atoms with Crippen LogP contribution >= 0.6 is 0 Å². The van der Waals surface area contributed by atoms with E-state index in [4.69, 9.17) is 15.2 Å². The summed E-state index contributed by atoms with van der Waals surface area (Å²) in [7, 11) is 0. The van der Waals surface area contributed by atoms with E-state index in [0.29, 0.717) is 19.3 Å². The Balaban J connectivity index is 2.69. The number of carbonyl (C=O) groups excluding carboxylic acids is 2. The second-order valence-electron chi connectivity index (χ2n) is 11.9. The third kappa shape index (κ3) is 11.4. The number of rotatable bonds is 16. The predicted octanol–water partition coefficient (Wildman–Crippen LogP) is 4.05. The molecule has 0 aromatic carbocycles. The number of ether oxygens (including phenoxy) is 2. The number of hydrogen-bond acceptors (Lipinski definition) is 8. The van der Waals surface area contributed by atoms with E-state index in [9.17, 15) is 30.0 Å². The van der Waals surface area contributed by atoms with Crippen molar-refractivity contribution in [3.05, 3.63) is 48.6 Å². The Bertz CT molecular complexity index is 931. The van der Waals surface area contributed by atoms with E-state index in [1.54, 1.807) is 12.2 Å². The van der Waals surface area contributed by atoms with Crippen molar-refractivity contribution in [1.82, 2.24) is 0 Å². The van der Waals surface area contributed by atoms with E-state index in [1.807, 2.05) is 65.8 Å². The lowest BCUT2D eigenvalue weighted by Crippen LogP contribution is -2.51. The Morgan fingerprint density at radius 3 is 2.27 bits per heavy atom. The van der Waals surface area contributed by atoms with Crippen LogP contribution in [0, 0.1) is 35.5 Å². The molecule has 1 amide bonds. The van der Waals surface area contributed by atoms with E-state index in [2.05, 4.69) is 6.58 Å². The van der Waals surface area contributed by atoms with Crippen LogP contribution in [0.1, 0.15) is 67.7 Å². The molecule has 0 aromatic heterocycles. The Labute approximate surface area is 245 Å². The van der Waals surface area contributed by atoms with Crippen LogP contribution in [-0.4, -0.2) is 69.1 Å². The number of nitrogens with two attached hydrogens (primary N) is 1. The van der Waals surface area contributed by atoms with Crippen molar-refractivity contribution in [2.75, 3.05) is 0 Å². The van der Waals surface area contributed by atoms with Crippen LogP contribution in [-0.2, 0) is 14.3 Å². The summed E-state index contributed by atoms with van der Waals surface area (Å²) in [6, 6.07) is 0. The van der Waals surface area contributed by atoms with Crippen LogP contribution in [0.3, 0.4) is 0 Å². The van der Waals surface area contributed by atoms with Crippen molar-refractivity contribution in [2.24, 2.45) is 41.2 Å². The smallest absolute Gasteiger partial charge is 0.404 e. The van der Waals surface area contributed by atoms with Crippen LogP contribution in [0.15, 0.2) is 48.6 Å². The van der Waals surface area contributed by atoms with Gasteiger partial charge in [0.1, 0.15) is 18.3 Å². The van der Waals surface area contributed by atoms with E-state index < -0.39 is 54.6 Å². The zero-order valence-electron chi connectivity index (χ0n) is 25.7. The highest BCUT2D eigenvalue weighted by Gasteiger charge is 2.41. The SMILES string of the molecule is C=C/C=C\[C@H](C)C(OC(N)=O)C(C)C(O)C(C)C/C(C)=C\[C@H](C)[C@@H](O)[C@@H](C)/C=C\CC[C@@H]1OC(=O)[C@H](C)[C@@H](O)C1O. The van der Waals surface area contributed by atoms with Crippen LogP contribution in [0.4, 0.5) is 4.79 Å². The standard InChI is InChI=1S/C32H53NO8/c1-9-10-13-20(4)30(41-32(33)39)23(7)27(35)22(6)17-18(2)16-21(5)26(34)19(3)14-11-12-15-25-29(37)28(36)24(8)31(38)40-25/h9-11,13-14,16,19-30,34-37H,1,12,15,17H2,2-8H3,(H2,33,39)/b13-10-,14-11-,18-16-/t19-,20-,21-,22?,23?,24+,25-,26-,27?,28+,29?,30?/m0/s1. The maximum atomic E-state index is 11.8. The van der Waals surface area contributed by atoms with Gasteiger partial charge in [-0.05, 0) is 39.0 Å². The first-order chi connectivity index (χ1) is 19.1. The van der Waals surface area contributed by atoms with Crippen LogP contribution in [0.2, 0.25) is 0 Å². The van der Waals surface area contributed by atoms with Crippen molar-refractivity contribution in [3.8, 4) is 0 Å². The van der Waals surface area contributed by atoms with Crippen molar-refractivity contribution in [2.45, 2.75) is 104 Å². The maximum Gasteiger partial charge on any atom is 0.404 e. The normalized spacial score (nSPS) is 27.9. The second kappa shape index (κ2) is 17.5. The summed E-state index contributed by atoms with van der Waals surface area (Å²) >= 11 is 0. The summed E-state index contributed by atoms with van der Waals surface area (Å²) < 4.78 is 10.6. The lowest BCUT2D eigenvalue weighted by Gasteiger charge is -2.35. The number of aliphatic hydroxyl groups excluding tert-OH is 4. The predicted molar refractivity (Wildman–Crippen MR) is 159 cm³/mol. The van der Waals surface area contributed by atoms with Gasteiger partial charge in [-0.3, -0.25) is 4.79 Å². The monoisotopic (exact) mass is 579 g/mol. The summed E-state index contributed by atoms with van der Waals surface area (Å²) in [5.74, 6) is -2.24. The molecule has 9 nitrogen and oxygen atoms in total. The van der Waals surface area contributed by atoms with Crippen LogP contribution in [0.25, 0.3) is 0 Å². The number of aliphatic hydroxyl groups is 4. The molecule has 41 heavy (non-hydrogen) atoms. The van der Waals surface area contributed by atoms with Gasteiger partial charge in [0, 0.05) is 23.7 Å². The molecular weight excluding hydrogens is 526 g/mol. The summed E-state index contributed by atoms with van der Waals surface area (Å²) in [4.78, 5) is 23.3. The summed E-state index contributed by atoms with van der Waals surface area (Å²) in [5.41, 5.74) is 6.32.